The van der Waals surface area contributed by atoms with Gasteiger partial charge in [-0.3, -0.25) is 0 Å². The normalized spacial score (nSPS) is 18.0. The Bertz CT molecular complexity index is 760. The van der Waals surface area contributed by atoms with Crippen molar-refractivity contribution in [3.63, 3.8) is 0 Å². The molecule has 4 heterocycles. The Kier molecular flexibility index (Phi) is 4.48. The lowest BCUT2D eigenvalue weighted by Crippen LogP contribution is -2.45. The van der Waals surface area contributed by atoms with Crippen LogP contribution in [0.15, 0.2) is 40.4 Å². The lowest BCUT2D eigenvalue weighted by Gasteiger charge is -2.33. The molecule has 7 nitrogen and oxygen atoms in total. The number of hydrogen-bond acceptors (Lipinski definition) is 8. The van der Waals surface area contributed by atoms with Crippen molar-refractivity contribution in [1.29, 1.82) is 0 Å². The van der Waals surface area contributed by atoms with Gasteiger partial charge < -0.3 is 14.7 Å². The quantitative estimate of drug-likeness (QED) is 0.762. The highest BCUT2D eigenvalue weighted by Gasteiger charge is 2.21. The van der Waals surface area contributed by atoms with Gasteiger partial charge in [0.25, 0.3) is 0 Å². The summed E-state index contributed by atoms with van der Waals surface area (Å²) in [7, 11) is 0. The van der Waals surface area contributed by atoms with Crippen LogP contribution in [0.3, 0.4) is 0 Å². The SMILES string of the molecule is c1cnnc(N2CCCC(NCc3nc(-c4cccs4)no3)C2)c1. The maximum absolute atomic E-state index is 5.34. The number of rotatable bonds is 5. The molecule has 3 aromatic heterocycles. The predicted octanol–water partition coefficient (Wildman–Crippen LogP) is 2.35. The van der Waals surface area contributed by atoms with Gasteiger partial charge in [-0.1, -0.05) is 11.2 Å². The summed E-state index contributed by atoms with van der Waals surface area (Å²) in [5, 5.41) is 17.7. The molecule has 1 fully saturated rings. The number of thiophene rings is 1. The first-order valence-corrected chi connectivity index (χ1v) is 8.89. The minimum absolute atomic E-state index is 0.373. The van der Waals surface area contributed by atoms with Crippen molar-refractivity contribution in [3.05, 3.63) is 41.7 Å². The Hall–Kier alpha value is -2.32. The zero-order valence-corrected chi connectivity index (χ0v) is 13.9. The monoisotopic (exact) mass is 342 g/mol. The van der Waals surface area contributed by atoms with Gasteiger partial charge in [-0.05, 0) is 36.4 Å². The van der Waals surface area contributed by atoms with Crippen molar-refractivity contribution in [2.24, 2.45) is 0 Å². The molecule has 8 heteroatoms. The molecular formula is C16H18N6OS. The molecule has 1 atom stereocenters. The third-order valence-electron chi connectivity index (χ3n) is 4.06. The van der Waals surface area contributed by atoms with E-state index in [4.69, 9.17) is 4.52 Å². The number of nitrogens with one attached hydrogen (secondary N) is 1. The lowest BCUT2D eigenvalue weighted by atomic mass is 10.1. The summed E-state index contributed by atoms with van der Waals surface area (Å²) in [5.74, 6) is 2.21. The molecule has 0 aromatic carbocycles. The summed E-state index contributed by atoms with van der Waals surface area (Å²) in [5.41, 5.74) is 0. The first kappa shape index (κ1) is 15.2. The highest BCUT2D eigenvalue weighted by atomic mass is 32.1. The van der Waals surface area contributed by atoms with E-state index in [1.54, 1.807) is 17.5 Å². The van der Waals surface area contributed by atoms with E-state index < -0.39 is 0 Å². The number of hydrogen-bond donors (Lipinski definition) is 1. The molecule has 1 N–H and O–H groups in total. The van der Waals surface area contributed by atoms with Gasteiger partial charge in [0.05, 0.1) is 11.4 Å². The molecule has 0 aliphatic carbocycles. The molecule has 0 spiro atoms. The maximum Gasteiger partial charge on any atom is 0.240 e. The average molecular weight is 342 g/mol. The van der Waals surface area contributed by atoms with E-state index in [9.17, 15) is 0 Å². The fourth-order valence-electron chi connectivity index (χ4n) is 2.88. The molecule has 0 saturated carbocycles. The number of aromatic nitrogens is 4. The molecule has 1 aliphatic heterocycles. The fraction of sp³-hybridized carbons (Fsp3) is 0.375. The Morgan fingerprint density at radius 1 is 1.33 bits per heavy atom. The van der Waals surface area contributed by atoms with Crippen LogP contribution in [0.2, 0.25) is 0 Å². The van der Waals surface area contributed by atoms with E-state index >= 15 is 0 Å². The van der Waals surface area contributed by atoms with Crippen molar-refractivity contribution < 1.29 is 4.52 Å². The molecule has 24 heavy (non-hydrogen) atoms. The van der Waals surface area contributed by atoms with Gasteiger partial charge in [0.1, 0.15) is 0 Å². The van der Waals surface area contributed by atoms with E-state index in [0.717, 1.165) is 36.6 Å². The van der Waals surface area contributed by atoms with Crippen LogP contribution in [0, 0.1) is 0 Å². The van der Waals surface area contributed by atoms with Crippen LogP contribution < -0.4 is 10.2 Å². The first-order chi connectivity index (χ1) is 11.9. The Balaban J connectivity index is 1.34. The minimum Gasteiger partial charge on any atom is -0.354 e. The van der Waals surface area contributed by atoms with E-state index in [1.165, 1.54) is 0 Å². The van der Waals surface area contributed by atoms with E-state index in [-0.39, 0.29) is 0 Å². The second kappa shape index (κ2) is 7.06. The molecule has 3 aromatic rings. The van der Waals surface area contributed by atoms with Crippen LogP contribution in [0.5, 0.6) is 0 Å². The van der Waals surface area contributed by atoms with Gasteiger partial charge in [-0.15, -0.1) is 16.4 Å². The maximum atomic E-state index is 5.34. The van der Waals surface area contributed by atoms with Crippen molar-refractivity contribution in [3.8, 4) is 10.7 Å². The van der Waals surface area contributed by atoms with Crippen molar-refractivity contribution in [2.75, 3.05) is 18.0 Å². The number of anilines is 1. The molecular weight excluding hydrogens is 324 g/mol. The molecule has 0 amide bonds. The first-order valence-electron chi connectivity index (χ1n) is 8.01. The average Bonchev–Trinajstić information content (AvgIpc) is 3.32. The van der Waals surface area contributed by atoms with Crippen molar-refractivity contribution in [2.45, 2.75) is 25.4 Å². The van der Waals surface area contributed by atoms with Crippen LogP contribution in [0.1, 0.15) is 18.7 Å². The Morgan fingerprint density at radius 3 is 3.17 bits per heavy atom. The second-order valence-corrected chi connectivity index (χ2v) is 6.68. The van der Waals surface area contributed by atoms with Gasteiger partial charge in [0.15, 0.2) is 5.82 Å². The third-order valence-corrected chi connectivity index (χ3v) is 4.92. The Morgan fingerprint density at radius 2 is 2.33 bits per heavy atom. The zero-order valence-electron chi connectivity index (χ0n) is 13.1. The largest absolute Gasteiger partial charge is 0.354 e. The predicted molar refractivity (Wildman–Crippen MR) is 91.7 cm³/mol. The molecule has 0 radical (unpaired) electrons. The smallest absolute Gasteiger partial charge is 0.240 e. The van der Waals surface area contributed by atoms with Crippen LogP contribution in [-0.2, 0) is 6.54 Å². The topological polar surface area (TPSA) is 80.0 Å². The molecule has 1 unspecified atom stereocenters. The summed E-state index contributed by atoms with van der Waals surface area (Å²) in [6.07, 6.45) is 3.95. The van der Waals surface area contributed by atoms with Crippen LogP contribution >= 0.6 is 11.3 Å². The van der Waals surface area contributed by atoms with Gasteiger partial charge in [0, 0.05) is 25.3 Å². The van der Waals surface area contributed by atoms with E-state index in [1.807, 2.05) is 29.6 Å². The van der Waals surface area contributed by atoms with E-state index in [2.05, 4.69) is 30.6 Å². The van der Waals surface area contributed by atoms with Crippen molar-refractivity contribution in [1.82, 2.24) is 25.7 Å². The van der Waals surface area contributed by atoms with Crippen LogP contribution in [0.4, 0.5) is 5.82 Å². The highest BCUT2D eigenvalue weighted by molar-refractivity contribution is 7.13. The standard InChI is InChI=1S/C16H18N6OS/c1-6-14(20-18-7-1)22-8-2-4-12(11-22)17-10-15-19-16(21-23-15)13-5-3-9-24-13/h1,3,5-7,9,12,17H,2,4,8,10-11H2. The van der Waals surface area contributed by atoms with E-state index in [0.29, 0.717) is 24.3 Å². The van der Waals surface area contributed by atoms with Gasteiger partial charge in [0.2, 0.25) is 11.7 Å². The lowest BCUT2D eigenvalue weighted by molar-refractivity contribution is 0.344. The molecule has 124 valence electrons. The number of nitrogens with zero attached hydrogens (tertiary/aromatic N) is 5. The summed E-state index contributed by atoms with van der Waals surface area (Å²) >= 11 is 1.61. The summed E-state index contributed by atoms with van der Waals surface area (Å²) in [4.78, 5) is 7.74. The van der Waals surface area contributed by atoms with Gasteiger partial charge >= 0.3 is 0 Å². The highest BCUT2D eigenvalue weighted by Crippen LogP contribution is 2.21. The fourth-order valence-corrected chi connectivity index (χ4v) is 3.53. The summed E-state index contributed by atoms with van der Waals surface area (Å²) in [6, 6.07) is 8.27. The zero-order chi connectivity index (χ0) is 16.2. The Labute approximate surface area is 143 Å². The van der Waals surface area contributed by atoms with Gasteiger partial charge in [-0.2, -0.15) is 10.1 Å². The second-order valence-electron chi connectivity index (χ2n) is 5.74. The molecule has 1 saturated heterocycles. The summed E-state index contributed by atoms with van der Waals surface area (Å²) < 4.78 is 5.34. The molecule has 4 rings (SSSR count). The molecule has 0 bridgehead atoms. The van der Waals surface area contributed by atoms with Crippen molar-refractivity contribution >= 4 is 17.2 Å². The van der Waals surface area contributed by atoms with Crippen LogP contribution in [0.25, 0.3) is 10.7 Å². The third kappa shape index (κ3) is 3.44. The van der Waals surface area contributed by atoms with Crippen LogP contribution in [-0.4, -0.2) is 39.5 Å². The minimum atomic E-state index is 0.373. The number of piperidine rings is 1. The summed E-state index contributed by atoms with van der Waals surface area (Å²) in [6.45, 7) is 2.50. The molecule has 1 aliphatic rings. The van der Waals surface area contributed by atoms with Gasteiger partial charge in [-0.25, -0.2) is 0 Å².